The minimum atomic E-state index is -0.565. The minimum Gasteiger partial charge on any atom is -0.489 e. The number of carbonyl (C=O) groups is 4. The van der Waals surface area contributed by atoms with Crippen LogP contribution in [0.2, 0.25) is 5.02 Å². The molecule has 0 saturated carbocycles. The van der Waals surface area contributed by atoms with Crippen LogP contribution in [0.1, 0.15) is 38.5 Å². The van der Waals surface area contributed by atoms with Gasteiger partial charge in [0.1, 0.15) is 29.2 Å². The molecule has 5 aliphatic heterocycles. The molecular formula is C45H53ClFN11O7. The number of carbonyl (C=O) groups excluding carboxylic acids is 4. The van der Waals surface area contributed by atoms with Gasteiger partial charge in [0, 0.05) is 101 Å². The highest BCUT2D eigenvalue weighted by Gasteiger charge is 2.33. The number of imide groups is 1. The zero-order valence-electron chi connectivity index (χ0n) is 36.2. The summed E-state index contributed by atoms with van der Waals surface area (Å²) in [5.74, 6) is 0.726. The largest absolute Gasteiger partial charge is 0.489 e. The molecule has 4 N–H and O–H groups in total. The Bertz CT molecular complexity index is 2540. The van der Waals surface area contributed by atoms with Gasteiger partial charge >= 0.3 is 0 Å². The molecule has 0 spiro atoms. The van der Waals surface area contributed by atoms with Crippen molar-refractivity contribution in [1.82, 2.24) is 35.0 Å². The summed E-state index contributed by atoms with van der Waals surface area (Å²) < 4.78 is 28.4. The Morgan fingerprint density at radius 3 is 2.43 bits per heavy atom. The van der Waals surface area contributed by atoms with Crippen molar-refractivity contribution < 1.29 is 33.0 Å². The van der Waals surface area contributed by atoms with E-state index in [1.807, 2.05) is 11.0 Å². The maximum Gasteiger partial charge on any atom is 0.293 e. The first-order valence-electron chi connectivity index (χ1n) is 22.4. The third-order valence-corrected chi connectivity index (χ3v) is 13.4. The van der Waals surface area contributed by atoms with Crippen molar-refractivity contribution >= 4 is 75.0 Å². The molecule has 5 aliphatic rings. The van der Waals surface area contributed by atoms with Gasteiger partial charge in [-0.2, -0.15) is 4.98 Å². The number of benzene rings is 2. The van der Waals surface area contributed by atoms with Crippen molar-refractivity contribution in [2.45, 2.75) is 51.1 Å². The molecule has 0 radical (unpaired) electrons. The first-order valence-corrected chi connectivity index (χ1v) is 22.8. The second-order valence-electron chi connectivity index (χ2n) is 17.3. The molecular weight excluding hydrogens is 861 g/mol. The third kappa shape index (κ3) is 9.76. The lowest BCUT2D eigenvalue weighted by Crippen LogP contribution is -2.52. The smallest absolute Gasteiger partial charge is 0.293 e. The van der Waals surface area contributed by atoms with E-state index in [1.54, 1.807) is 35.0 Å². The first kappa shape index (κ1) is 44.0. The highest BCUT2D eigenvalue weighted by Crippen LogP contribution is 2.36. The van der Waals surface area contributed by atoms with Gasteiger partial charge in [-0.3, -0.25) is 38.8 Å². The van der Waals surface area contributed by atoms with E-state index < -0.39 is 6.04 Å². The molecule has 65 heavy (non-hydrogen) atoms. The number of piperazine rings is 1. The SMILES string of the molecule is CNC(=O)COc1cc2cc(Nc3nc(N4CCC(C(=O)N5CCN(CC6CCN(c7ccc(NC8CCC(=O)NC8=O)cc7F)CC6)CC5)CC4)ncc3Cl)cc3c2n(c1=O)CCO3. The fourth-order valence-electron chi connectivity index (χ4n) is 9.50. The molecule has 4 amide bonds. The molecule has 18 nitrogen and oxygen atoms in total. The van der Waals surface area contributed by atoms with E-state index >= 15 is 4.39 Å². The summed E-state index contributed by atoms with van der Waals surface area (Å²) in [4.78, 5) is 80.2. The number of halogens is 2. The van der Waals surface area contributed by atoms with Crippen molar-refractivity contribution in [2.75, 3.05) is 99.6 Å². The molecule has 4 aromatic rings. The molecule has 344 valence electrons. The Labute approximate surface area is 379 Å². The van der Waals surface area contributed by atoms with Gasteiger partial charge in [-0.05, 0) is 68.4 Å². The Morgan fingerprint density at radius 2 is 1.69 bits per heavy atom. The second-order valence-corrected chi connectivity index (χ2v) is 17.7. The summed E-state index contributed by atoms with van der Waals surface area (Å²) in [5.41, 5.74) is 1.98. The number of ether oxygens (including phenoxy) is 2. The van der Waals surface area contributed by atoms with Crippen LogP contribution in [-0.4, -0.2) is 133 Å². The third-order valence-electron chi connectivity index (χ3n) is 13.1. The van der Waals surface area contributed by atoms with Crippen molar-refractivity contribution in [3.63, 3.8) is 0 Å². The Morgan fingerprint density at radius 1 is 0.923 bits per heavy atom. The number of nitrogens with one attached hydrogen (secondary N) is 4. The molecule has 1 unspecified atom stereocenters. The van der Waals surface area contributed by atoms with Crippen molar-refractivity contribution in [3.8, 4) is 11.5 Å². The standard InChI is InChI=1S/C45H53ClFN11O7/c1-48-39(60)26-65-37-21-29-20-31(23-36-40(29)58(44(37)63)18-19-64-36)51-41-32(46)24-49-45(53-41)57-12-8-28(9-13-57)43(62)56-16-14-54(15-17-56)25-27-6-10-55(11-7-27)35-4-2-30(22-33(35)47)50-34-3-5-38(59)52-42(34)61/h2,4,20-24,27-28,34,50H,3,5-19,25-26H2,1H3,(H,48,60)(H,49,51,53)(H,52,59,61). The lowest BCUT2D eigenvalue weighted by Gasteiger charge is -2.41. The zero-order valence-corrected chi connectivity index (χ0v) is 37.0. The Balaban J connectivity index is 0.735. The number of rotatable bonds is 12. The summed E-state index contributed by atoms with van der Waals surface area (Å²) >= 11 is 6.60. The molecule has 0 aliphatic carbocycles. The van der Waals surface area contributed by atoms with Gasteiger partial charge in [0.15, 0.2) is 18.2 Å². The molecule has 0 bridgehead atoms. The molecule has 4 fully saturated rings. The maximum absolute atomic E-state index is 15.3. The van der Waals surface area contributed by atoms with Gasteiger partial charge in [0.25, 0.3) is 11.5 Å². The summed E-state index contributed by atoms with van der Waals surface area (Å²) in [6.07, 6.45) is 5.45. The number of anilines is 5. The summed E-state index contributed by atoms with van der Waals surface area (Å²) in [6, 6.07) is 9.64. The fourth-order valence-corrected chi connectivity index (χ4v) is 9.64. The normalized spacial score (nSPS) is 19.7. The van der Waals surface area contributed by atoms with E-state index in [0.29, 0.717) is 115 Å². The average Bonchev–Trinajstić information content (AvgIpc) is 3.31. The molecule has 7 heterocycles. The number of nitrogens with zero attached hydrogens (tertiary/aromatic N) is 7. The first-order chi connectivity index (χ1) is 31.5. The number of amides is 4. The lowest BCUT2D eigenvalue weighted by atomic mass is 9.94. The van der Waals surface area contributed by atoms with Crippen molar-refractivity contribution in [3.05, 3.63) is 63.8 Å². The van der Waals surface area contributed by atoms with E-state index in [0.717, 1.165) is 45.6 Å². The minimum absolute atomic E-state index is 0.0620. The molecule has 2 aromatic heterocycles. The second kappa shape index (κ2) is 19.1. The number of hydrogen-bond donors (Lipinski definition) is 4. The van der Waals surface area contributed by atoms with Crippen LogP contribution in [0.15, 0.2) is 47.4 Å². The topological polar surface area (TPSA) is 196 Å². The lowest BCUT2D eigenvalue weighted by molar-refractivity contribution is -0.138. The van der Waals surface area contributed by atoms with Crippen LogP contribution in [0.3, 0.4) is 0 Å². The molecule has 9 rings (SSSR count). The molecule has 1 atom stereocenters. The van der Waals surface area contributed by atoms with Gasteiger partial charge in [-0.15, -0.1) is 0 Å². The summed E-state index contributed by atoms with van der Waals surface area (Å²) in [7, 11) is 1.50. The van der Waals surface area contributed by atoms with Gasteiger partial charge < -0.3 is 40.1 Å². The predicted molar refractivity (Wildman–Crippen MR) is 243 cm³/mol. The number of piperidine rings is 3. The van der Waals surface area contributed by atoms with Gasteiger partial charge in [0.2, 0.25) is 23.7 Å². The van der Waals surface area contributed by atoms with Crippen LogP contribution < -0.4 is 46.1 Å². The van der Waals surface area contributed by atoms with E-state index in [2.05, 4.69) is 41.0 Å². The van der Waals surface area contributed by atoms with Crippen molar-refractivity contribution in [1.29, 1.82) is 0 Å². The predicted octanol–water partition coefficient (Wildman–Crippen LogP) is 3.34. The van der Waals surface area contributed by atoms with Crippen LogP contribution in [-0.2, 0) is 25.7 Å². The highest BCUT2D eigenvalue weighted by atomic mass is 35.5. The number of pyridine rings is 1. The van der Waals surface area contributed by atoms with E-state index in [9.17, 15) is 24.0 Å². The number of hydrogen-bond acceptors (Lipinski definition) is 14. The molecule has 2 aromatic carbocycles. The monoisotopic (exact) mass is 913 g/mol. The molecule has 4 saturated heterocycles. The maximum atomic E-state index is 15.3. The van der Waals surface area contributed by atoms with E-state index in [1.165, 1.54) is 13.1 Å². The van der Waals surface area contributed by atoms with Gasteiger partial charge in [0.05, 0.1) is 23.9 Å². The van der Waals surface area contributed by atoms with Crippen LogP contribution in [0.5, 0.6) is 11.5 Å². The van der Waals surface area contributed by atoms with Crippen LogP contribution in [0, 0.1) is 17.7 Å². The average molecular weight is 914 g/mol. The highest BCUT2D eigenvalue weighted by molar-refractivity contribution is 6.33. The van der Waals surface area contributed by atoms with Crippen molar-refractivity contribution in [2.24, 2.45) is 11.8 Å². The number of likely N-dealkylation sites (N-methyl/N-ethyl adjacent to an activating group) is 1. The number of aromatic nitrogens is 3. The van der Waals surface area contributed by atoms with Gasteiger partial charge in [-0.1, -0.05) is 11.6 Å². The summed E-state index contributed by atoms with van der Waals surface area (Å²) in [5, 5.41) is 12.2. The van der Waals surface area contributed by atoms with Crippen LogP contribution in [0.4, 0.5) is 33.2 Å². The summed E-state index contributed by atoms with van der Waals surface area (Å²) in [6.45, 7) is 7.09. The van der Waals surface area contributed by atoms with E-state index in [4.69, 9.17) is 26.1 Å². The zero-order chi connectivity index (χ0) is 45.2. The molecule has 20 heteroatoms. The van der Waals surface area contributed by atoms with Crippen LogP contribution in [0.25, 0.3) is 10.9 Å². The Hall–Kier alpha value is -6.21. The quantitative estimate of drug-likeness (QED) is 0.151. The fraction of sp³-hybridized carbons (Fsp3) is 0.489. The Kier molecular flexibility index (Phi) is 12.9. The van der Waals surface area contributed by atoms with E-state index in [-0.39, 0.29) is 59.7 Å². The van der Waals surface area contributed by atoms with Gasteiger partial charge in [-0.25, -0.2) is 9.37 Å². The van der Waals surface area contributed by atoms with Crippen LogP contribution >= 0.6 is 11.6 Å².